The number of nitrogens with one attached hydrogen (secondary N) is 1. The lowest BCUT2D eigenvalue weighted by Gasteiger charge is -2.29. The summed E-state index contributed by atoms with van der Waals surface area (Å²) in [4.78, 5) is 8.97. The number of rotatable bonds is 5. The highest BCUT2D eigenvalue weighted by atomic mass is 35.5. The number of halogens is 1. The number of hydrogen-bond acceptors (Lipinski definition) is 5. The number of morpholine rings is 1. The fraction of sp³-hybridized carbons (Fsp3) is 0.267. The van der Waals surface area contributed by atoms with Crippen LogP contribution in [-0.2, 0) is 4.74 Å². The number of nitrogens with zero attached hydrogens (tertiary/aromatic N) is 4. The van der Waals surface area contributed by atoms with Crippen LogP contribution in [0.15, 0.2) is 72.9 Å². The Balaban J connectivity index is 1.44. The third-order valence-corrected chi connectivity index (χ3v) is 8.12. The number of ether oxygens (including phenoxy) is 1. The summed E-state index contributed by atoms with van der Waals surface area (Å²) in [5.74, 6) is 0.114. The molecule has 2 aromatic carbocycles. The molecular weight excluding hydrogens is 530 g/mol. The van der Waals surface area contributed by atoms with E-state index in [-0.39, 0.29) is 17.8 Å². The zero-order valence-electron chi connectivity index (χ0n) is 21.8. The molecule has 9 heteroatoms. The lowest BCUT2D eigenvalue weighted by molar-refractivity contribution is 0.122. The topological polar surface area (TPSA) is 65.8 Å². The number of phenolic OH excluding ortho intramolecular Hbond substituents is 1. The van der Waals surface area contributed by atoms with E-state index in [9.17, 15) is 5.11 Å². The van der Waals surface area contributed by atoms with Crippen molar-refractivity contribution in [3.8, 4) is 11.4 Å². The largest absolute Gasteiger partial charge is 0.506 e. The number of aromatic hydroxyl groups is 1. The van der Waals surface area contributed by atoms with Gasteiger partial charge in [0.05, 0.1) is 36.7 Å². The van der Waals surface area contributed by atoms with Gasteiger partial charge in [-0.15, -0.1) is 0 Å². The van der Waals surface area contributed by atoms with Crippen LogP contribution in [0.1, 0.15) is 34.7 Å². The van der Waals surface area contributed by atoms with Crippen molar-refractivity contribution < 1.29 is 9.84 Å². The third-order valence-electron chi connectivity index (χ3n) is 7.57. The molecule has 0 saturated carbocycles. The van der Waals surface area contributed by atoms with Crippen LogP contribution in [0.5, 0.6) is 5.75 Å². The first kappa shape index (κ1) is 25.7. The van der Waals surface area contributed by atoms with Gasteiger partial charge in [0.15, 0.2) is 5.11 Å². The predicted molar refractivity (Wildman–Crippen MR) is 159 cm³/mol. The average Bonchev–Trinajstić information content (AvgIpc) is 3.45. The van der Waals surface area contributed by atoms with Gasteiger partial charge < -0.3 is 29.5 Å². The molecule has 2 aliphatic heterocycles. The van der Waals surface area contributed by atoms with E-state index in [1.54, 1.807) is 24.4 Å². The van der Waals surface area contributed by atoms with E-state index < -0.39 is 0 Å². The highest BCUT2D eigenvalue weighted by molar-refractivity contribution is 7.80. The molecule has 0 spiro atoms. The number of aryl methyl sites for hydroxylation is 1. The molecule has 200 valence electrons. The van der Waals surface area contributed by atoms with E-state index >= 15 is 0 Å². The molecule has 2 aromatic heterocycles. The van der Waals surface area contributed by atoms with E-state index in [0.717, 1.165) is 54.6 Å². The summed E-state index contributed by atoms with van der Waals surface area (Å²) in [6.45, 7) is 7.57. The predicted octanol–water partition coefficient (Wildman–Crippen LogP) is 5.86. The number of anilines is 2. The summed E-state index contributed by atoms with van der Waals surface area (Å²) < 4.78 is 7.78. The van der Waals surface area contributed by atoms with Crippen molar-refractivity contribution in [3.63, 3.8) is 0 Å². The van der Waals surface area contributed by atoms with E-state index in [0.29, 0.717) is 15.8 Å². The highest BCUT2D eigenvalue weighted by Crippen LogP contribution is 2.46. The molecule has 2 aliphatic rings. The van der Waals surface area contributed by atoms with Crippen molar-refractivity contribution in [2.75, 3.05) is 36.1 Å². The summed E-state index contributed by atoms with van der Waals surface area (Å²) in [5, 5.41) is 15.4. The zero-order valence-corrected chi connectivity index (χ0v) is 23.4. The molecule has 7 nitrogen and oxygen atoms in total. The van der Waals surface area contributed by atoms with Crippen molar-refractivity contribution in [2.45, 2.75) is 25.9 Å². The standard InChI is InChI=1S/C30H30ClN5O2S/c1-19-17-24(20(2)35(19)23-9-7-22(8-10-23)34-13-15-38-16-14-34)29-28(25-5-3-4-12-32-25)33-30(39)36(29)26-18-21(31)6-11-27(26)37/h3-12,17-18,28-29,37H,13-16H2,1-2H3,(H,33,39)/t28-,29+/m1/s1. The second kappa shape index (κ2) is 10.5. The molecular formula is C30H30ClN5O2S. The minimum absolute atomic E-state index is 0.114. The van der Waals surface area contributed by atoms with Gasteiger partial charge in [-0.2, -0.15) is 0 Å². The van der Waals surface area contributed by atoms with Gasteiger partial charge in [0.25, 0.3) is 0 Å². The molecule has 0 unspecified atom stereocenters. The summed E-state index contributed by atoms with van der Waals surface area (Å²) in [7, 11) is 0. The van der Waals surface area contributed by atoms with Crippen LogP contribution in [0, 0.1) is 13.8 Å². The van der Waals surface area contributed by atoms with Gasteiger partial charge in [-0.1, -0.05) is 17.7 Å². The maximum absolute atomic E-state index is 10.9. The van der Waals surface area contributed by atoms with Gasteiger partial charge >= 0.3 is 0 Å². The Bertz CT molecular complexity index is 1500. The first-order valence-electron chi connectivity index (χ1n) is 13.0. The molecule has 2 N–H and O–H groups in total. The Hall–Kier alpha value is -3.59. The Kier molecular flexibility index (Phi) is 6.93. The SMILES string of the molecule is Cc1cc([C@H]2[C@@H](c3ccccn3)NC(=S)N2c2cc(Cl)ccc2O)c(C)n1-c1ccc(N2CCOCC2)cc1. The maximum Gasteiger partial charge on any atom is 0.174 e. The van der Waals surface area contributed by atoms with E-state index in [1.807, 2.05) is 23.1 Å². The molecule has 6 rings (SSSR count). The van der Waals surface area contributed by atoms with Crippen LogP contribution in [0.4, 0.5) is 11.4 Å². The molecule has 0 radical (unpaired) electrons. The minimum atomic E-state index is -0.260. The number of pyridine rings is 1. The fourth-order valence-electron chi connectivity index (χ4n) is 5.74. The lowest BCUT2D eigenvalue weighted by atomic mass is 9.96. The van der Waals surface area contributed by atoms with Crippen molar-refractivity contribution in [2.24, 2.45) is 0 Å². The smallest absolute Gasteiger partial charge is 0.174 e. The van der Waals surface area contributed by atoms with Crippen LogP contribution in [0.2, 0.25) is 5.02 Å². The number of phenols is 1. The van der Waals surface area contributed by atoms with E-state index in [2.05, 4.69) is 63.9 Å². The van der Waals surface area contributed by atoms with E-state index in [4.69, 9.17) is 28.6 Å². The lowest BCUT2D eigenvalue weighted by Crippen LogP contribution is -2.36. The van der Waals surface area contributed by atoms with Gasteiger partial charge in [-0.25, -0.2) is 0 Å². The van der Waals surface area contributed by atoms with Crippen LogP contribution in [0.25, 0.3) is 5.69 Å². The Morgan fingerprint density at radius 3 is 2.46 bits per heavy atom. The first-order chi connectivity index (χ1) is 18.9. The van der Waals surface area contributed by atoms with Crippen molar-refractivity contribution in [1.29, 1.82) is 0 Å². The van der Waals surface area contributed by atoms with Crippen LogP contribution < -0.4 is 15.1 Å². The quantitative estimate of drug-likeness (QED) is 0.297. The monoisotopic (exact) mass is 559 g/mol. The molecule has 39 heavy (non-hydrogen) atoms. The maximum atomic E-state index is 10.9. The van der Waals surface area contributed by atoms with Gasteiger partial charge in [0, 0.05) is 47.1 Å². The number of benzene rings is 2. The van der Waals surface area contributed by atoms with Crippen molar-refractivity contribution in [1.82, 2.24) is 14.9 Å². The van der Waals surface area contributed by atoms with Gasteiger partial charge in [-0.3, -0.25) is 4.98 Å². The third kappa shape index (κ3) is 4.73. The summed E-state index contributed by atoms with van der Waals surface area (Å²) in [5.41, 5.74) is 7.01. The van der Waals surface area contributed by atoms with Crippen molar-refractivity contribution in [3.05, 3.63) is 101 Å². The molecule has 2 saturated heterocycles. The van der Waals surface area contributed by atoms with Crippen LogP contribution in [0.3, 0.4) is 0 Å². The molecule has 0 aliphatic carbocycles. The number of thiocarbonyl (C=S) groups is 1. The molecule has 2 atom stereocenters. The summed E-state index contributed by atoms with van der Waals surface area (Å²) >= 11 is 12.2. The van der Waals surface area contributed by atoms with Gasteiger partial charge in [-0.05, 0) is 92.3 Å². The van der Waals surface area contributed by atoms with Gasteiger partial charge in [0.1, 0.15) is 5.75 Å². The summed E-state index contributed by atoms with van der Waals surface area (Å²) in [6, 6.07) is 21.3. The Labute approximate surface area is 238 Å². The average molecular weight is 560 g/mol. The number of aromatic nitrogens is 2. The Morgan fingerprint density at radius 2 is 1.74 bits per heavy atom. The highest BCUT2D eigenvalue weighted by Gasteiger charge is 2.43. The van der Waals surface area contributed by atoms with Crippen LogP contribution >= 0.6 is 23.8 Å². The molecule has 0 amide bonds. The second-order valence-electron chi connectivity index (χ2n) is 9.91. The van der Waals surface area contributed by atoms with E-state index in [1.165, 1.54) is 5.69 Å². The first-order valence-corrected chi connectivity index (χ1v) is 13.8. The molecule has 4 aromatic rings. The molecule has 4 heterocycles. The summed E-state index contributed by atoms with van der Waals surface area (Å²) in [6.07, 6.45) is 1.79. The molecule has 2 fully saturated rings. The van der Waals surface area contributed by atoms with Crippen molar-refractivity contribution >= 4 is 40.3 Å². The minimum Gasteiger partial charge on any atom is -0.506 e. The fourth-order valence-corrected chi connectivity index (χ4v) is 6.24. The second-order valence-corrected chi connectivity index (χ2v) is 10.7. The Morgan fingerprint density at radius 1 is 1.00 bits per heavy atom. The molecule has 0 bridgehead atoms. The van der Waals surface area contributed by atoms with Crippen LogP contribution in [-0.4, -0.2) is 46.1 Å². The normalized spacial score (nSPS) is 19.4. The van der Waals surface area contributed by atoms with Gasteiger partial charge in [0.2, 0.25) is 0 Å². The zero-order chi connectivity index (χ0) is 27.1. The number of hydrogen-bond donors (Lipinski definition) is 2.